The van der Waals surface area contributed by atoms with Crippen molar-refractivity contribution in [1.82, 2.24) is 15.1 Å². The molecule has 1 aliphatic rings. The Kier molecular flexibility index (Phi) is 5.41. The number of likely N-dealkylation sites (tertiary alicyclic amines) is 1. The van der Waals surface area contributed by atoms with E-state index in [1.807, 2.05) is 30.3 Å². The molecule has 0 aliphatic carbocycles. The molecule has 1 saturated heterocycles. The summed E-state index contributed by atoms with van der Waals surface area (Å²) in [6.07, 6.45) is 0.476. The lowest BCUT2D eigenvalue weighted by Crippen LogP contribution is -2.42. The Morgan fingerprint density at radius 1 is 1.14 bits per heavy atom. The van der Waals surface area contributed by atoms with E-state index in [-0.39, 0.29) is 24.4 Å². The predicted molar refractivity (Wildman–Crippen MR) is 103 cm³/mol. The van der Waals surface area contributed by atoms with Crippen LogP contribution in [-0.2, 0) is 16.1 Å². The van der Waals surface area contributed by atoms with Crippen LogP contribution in [0.5, 0.6) is 5.88 Å². The number of carbonyl (C=O) groups is 2. The van der Waals surface area contributed by atoms with E-state index in [0.29, 0.717) is 36.8 Å². The number of aromatic amines is 1. The summed E-state index contributed by atoms with van der Waals surface area (Å²) in [5.41, 5.74) is 1.39. The van der Waals surface area contributed by atoms with E-state index in [1.54, 1.807) is 0 Å². The van der Waals surface area contributed by atoms with E-state index in [0.717, 1.165) is 5.56 Å². The third kappa shape index (κ3) is 4.37. The first kappa shape index (κ1) is 18.9. The van der Waals surface area contributed by atoms with Crippen molar-refractivity contribution < 1.29 is 23.5 Å². The zero-order valence-electron chi connectivity index (χ0n) is 15.6. The summed E-state index contributed by atoms with van der Waals surface area (Å²) in [5.74, 6) is -0.784. The molecular formula is C21H20FN3O4. The number of aromatic nitrogens is 2. The minimum atomic E-state index is -0.543. The third-order valence-electron chi connectivity index (χ3n) is 4.98. The van der Waals surface area contributed by atoms with Gasteiger partial charge in [0, 0.05) is 13.1 Å². The van der Waals surface area contributed by atoms with E-state index in [4.69, 9.17) is 9.47 Å². The van der Waals surface area contributed by atoms with Gasteiger partial charge in [-0.2, -0.15) is 0 Å². The number of esters is 1. The van der Waals surface area contributed by atoms with Gasteiger partial charge in [-0.25, -0.2) is 9.18 Å². The molecule has 0 atom stereocenters. The van der Waals surface area contributed by atoms with Crippen molar-refractivity contribution in [3.05, 3.63) is 59.9 Å². The third-order valence-corrected chi connectivity index (χ3v) is 4.98. The van der Waals surface area contributed by atoms with Crippen LogP contribution in [0, 0.1) is 11.7 Å². The molecule has 0 spiro atoms. The first-order valence-electron chi connectivity index (χ1n) is 9.41. The summed E-state index contributed by atoms with van der Waals surface area (Å²) < 4.78 is 24.0. The van der Waals surface area contributed by atoms with Crippen molar-refractivity contribution in [3.8, 4) is 5.88 Å². The number of hydrogen-bond acceptors (Lipinski definition) is 5. The van der Waals surface area contributed by atoms with Crippen LogP contribution < -0.4 is 4.74 Å². The fourth-order valence-electron chi connectivity index (χ4n) is 3.34. The molecule has 0 saturated carbocycles. The van der Waals surface area contributed by atoms with Crippen molar-refractivity contribution in [2.45, 2.75) is 19.4 Å². The van der Waals surface area contributed by atoms with Crippen LogP contribution >= 0.6 is 0 Å². The maximum Gasteiger partial charge on any atom is 0.416 e. The van der Waals surface area contributed by atoms with E-state index >= 15 is 0 Å². The van der Waals surface area contributed by atoms with Crippen molar-refractivity contribution in [2.75, 3.05) is 13.1 Å². The van der Waals surface area contributed by atoms with Gasteiger partial charge in [-0.15, -0.1) is 5.10 Å². The first-order valence-corrected chi connectivity index (χ1v) is 9.41. The molecule has 1 N–H and O–H groups in total. The van der Waals surface area contributed by atoms with Crippen LogP contribution in [0.15, 0.2) is 48.5 Å². The minimum Gasteiger partial charge on any atom is -0.461 e. The number of rotatable bonds is 4. The normalized spacial score (nSPS) is 14.7. The van der Waals surface area contributed by atoms with E-state index < -0.39 is 11.9 Å². The molecule has 1 aliphatic heterocycles. The molecule has 0 radical (unpaired) electrons. The van der Waals surface area contributed by atoms with Gasteiger partial charge in [0.2, 0.25) is 0 Å². The van der Waals surface area contributed by atoms with Crippen molar-refractivity contribution >= 4 is 23.0 Å². The molecule has 8 heteroatoms. The highest BCUT2D eigenvalue weighted by molar-refractivity contribution is 5.86. The summed E-state index contributed by atoms with van der Waals surface area (Å²) in [7, 11) is 0. The van der Waals surface area contributed by atoms with E-state index in [9.17, 15) is 14.0 Å². The van der Waals surface area contributed by atoms with Crippen LogP contribution in [0.2, 0.25) is 0 Å². The summed E-state index contributed by atoms with van der Waals surface area (Å²) >= 11 is 0. The average Bonchev–Trinajstić information content (AvgIpc) is 3.14. The molecule has 150 valence electrons. The molecule has 0 bridgehead atoms. The van der Waals surface area contributed by atoms with Crippen LogP contribution in [-0.4, -0.2) is 40.2 Å². The summed E-state index contributed by atoms with van der Waals surface area (Å²) in [6, 6.07) is 13.6. The molecule has 0 unspecified atom stereocenters. The number of carbonyl (C=O) groups excluding carboxylic acids is 2. The Hall–Kier alpha value is -3.42. The molecule has 7 nitrogen and oxygen atoms in total. The van der Waals surface area contributed by atoms with E-state index in [1.165, 1.54) is 23.1 Å². The number of fused-ring (bicyclic) bond motifs is 1. The number of amides is 1. The molecular weight excluding hydrogens is 377 g/mol. The lowest BCUT2D eigenvalue weighted by molar-refractivity contribution is -0.151. The van der Waals surface area contributed by atoms with Crippen molar-refractivity contribution in [1.29, 1.82) is 0 Å². The molecule has 2 heterocycles. The summed E-state index contributed by atoms with van der Waals surface area (Å²) in [6.45, 7) is 1.02. The zero-order valence-corrected chi connectivity index (χ0v) is 15.6. The van der Waals surface area contributed by atoms with E-state index in [2.05, 4.69) is 10.2 Å². The number of piperidine rings is 1. The van der Waals surface area contributed by atoms with Gasteiger partial charge in [-0.3, -0.25) is 9.89 Å². The highest BCUT2D eigenvalue weighted by atomic mass is 19.1. The number of halogens is 1. The molecule has 3 aromatic rings. The number of hydrogen-bond donors (Lipinski definition) is 1. The molecule has 1 aromatic heterocycles. The van der Waals surface area contributed by atoms with Gasteiger partial charge in [-0.1, -0.05) is 30.3 Å². The van der Waals surface area contributed by atoms with Crippen molar-refractivity contribution in [2.24, 2.45) is 5.92 Å². The topological polar surface area (TPSA) is 84.5 Å². The number of H-pyrrole nitrogens is 1. The fourth-order valence-corrected chi connectivity index (χ4v) is 3.34. The maximum atomic E-state index is 13.3. The number of nitrogens with one attached hydrogen (secondary N) is 1. The summed E-state index contributed by atoms with van der Waals surface area (Å²) in [4.78, 5) is 26.2. The predicted octanol–water partition coefficient (Wildman–Crippen LogP) is 3.66. The van der Waals surface area contributed by atoms with Crippen LogP contribution in [0.4, 0.5) is 9.18 Å². The quantitative estimate of drug-likeness (QED) is 0.679. The monoisotopic (exact) mass is 397 g/mol. The van der Waals surface area contributed by atoms with Gasteiger partial charge in [0.25, 0.3) is 5.88 Å². The van der Waals surface area contributed by atoms with Gasteiger partial charge in [-0.05, 0) is 36.6 Å². The van der Waals surface area contributed by atoms with Gasteiger partial charge < -0.3 is 14.4 Å². The first-order chi connectivity index (χ1) is 14.1. The standard InChI is InChI=1S/C21H20FN3O4/c22-16-6-7-17-18(12-16)23-24-19(17)29-21(27)25-10-8-15(9-11-25)20(26)28-13-14-4-2-1-3-5-14/h1-7,12,15H,8-11,13H2,(H,23,24). The van der Waals surface area contributed by atoms with Crippen LogP contribution in [0.3, 0.4) is 0 Å². The molecule has 4 rings (SSSR count). The average molecular weight is 397 g/mol. The van der Waals surface area contributed by atoms with Gasteiger partial charge in [0.05, 0.1) is 16.8 Å². The fraction of sp³-hybridized carbons (Fsp3) is 0.286. The number of nitrogens with zero attached hydrogens (tertiary/aromatic N) is 2. The lowest BCUT2D eigenvalue weighted by Gasteiger charge is -2.29. The second-order valence-corrected chi connectivity index (χ2v) is 6.94. The molecule has 2 aromatic carbocycles. The van der Waals surface area contributed by atoms with Gasteiger partial charge >= 0.3 is 12.1 Å². The minimum absolute atomic E-state index is 0.106. The van der Waals surface area contributed by atoms with Crippen molar-refractivity contribution in [3.63, 3.8) is 0 Å². The summed E-state index contributed by atoms with van der Waals surface area (Å²) in [5, 5.41) is 7.10. The Balaban J connectivity index is 1.28. The molecule has 1 fully saturated rings. The SMILES string of the molecule is O=C(OCc1ccccc1)C1CCN(C(=O)Oc2n[nH]c3cc(F)ccc23)CC1. The second kappa shape index (κ2) is 8.30. The lowest BCUT2D eigenvalue weighted by atomic mass is 9.97. The van der Waals surface area contributed by atoms with Gasteiger partial charge in [0.1, 0.15) is 12.4 Å². The van der Waals surface area contributed by atoms with Crippen LogP contribution in [0.25, 0.3) is 10.9 Å². The number of benzene rings is 2. The highest BCUT2D eigenvalue weighted by Gasteiger charge is 2.29. The maximum absolute atomic E-state index is 13.3. The Morgan fingerprint density at radius 2 is 1.90 bits per heavy atom. The zero-order chi connectivity index (χ0) is 20.2. The highest BCUT2D eigenvalue weighted by Crippen LogP contribution is 2.25. The van der Waals surface area contributed by atoms with Crippen LogP contribution in [0.1, 0.15) is 18.4 Å². The van der Waals surface area contributed by atoms with Gasteiger partial charge in [0.15, 0.2) is 0 Å². The Bertz CT molecular complexity index is 1010. The number of ether oxygens (including phenoxy) is 2. The smallest absolute Gasteiger partial charge is 0.416 e. The molecule has 1 amide bonds. The largest absolute Gasteiger partial charge is 0.461 e. The molecule has 29 heavy (non-hydrogen) atoms. The Labute approximate surface area is 166 Å². The Morgan fingerprint density at radius 3 is 2.66 bits per heavy atom. The second-order valence-electron chi connectivity index (χ2n) is 6.94.